The number of hydrogen-bond donors (Lipinski definition) is 0. The molecule has 0 bridgehead atoms. The molecule has 0 aliphatic rings. The molecule has 0 fully saturated rings. The van der Waals surface area contributed by atoms with Crippen LogP contribution in [0.3, 0.4) is 0 Å². The first-order valence-electron chi connectivity index (χ1n) is 5.68. The van der Waals surface area contributed by atoms with Gasteiger partial charge in [-0.05, 0) is 19.3 Å². The Bertz CT molecular complexity index is 126. The molecule has 0 nitrogen and oxygen atoms in total. The van der Waals surface area contributed by atoms with Crippen molar-refractivity contribution >= 4 is 47.0 Å². The maximum Gasteiger partial charge on any atom is 0.498 e. The monoisotopic (exact) mass is 334 g/mol. The lowest BCUT2D eigenvalue weighted by Gasteiger charge is -1.99. The molecule has 0 N–H and O–H groups in total. The molecule has 0 saturated heterocycles. The Morgan fingerprint density at radius 1 is 0.857 bits per heavy atom. The van der Waals surface area contributed by atoms with Gasteiger partial charge in [0.2, 0.25) is 0 Å². The standard InChI is InChI=1S/C11H20Br.BrH.Mg/c1-2-3-4-5-6-7-8-9-10-11-12;;/h1-2H,3-11H2;1H;/q;;+1/p-1. The average molecular weight is 336 g/mol. The Hall–Kier alpha value is 1.47. The van der Waals surface area contributed by atoms with Crippen LogP contribution in [0.25, 0.3) is 0 Å². The molecular weight excluding hydrogens is 316 g/mol. The molecule has 0 saturated carbocycles. The SMILES string of the molecule is BrCCCCCCCCCC=[CH][Mg][Br]. The van der Waals surface area contributed by atoms with Crippen molar-refractivity contribution in [2.24, 2.45) is 0 Å². The van der Waals surface area contributed by atoms with E-state index in [1.165, 1.54) is 56.7 Å². The van der Waals surface area contributed by atoms with E-state index in [4.69, 9.17) is 0 Å². The van der Waals surface area contributed by atoms with E-state index >= 15 is 0 Å². The second kappa shape index (κ2) is 14.5. The number of halogens is 2. The lowest BCUT2D eigenvalue weighted by molar-refractivity contribution is 0.594. The third-order valence-corrected chi connectivity index (χ3v) is 4.45. The van der Waals surface area contributed by atoms with E-state index in [0.717, 1.165) is 0 Å². The summed E-state index contributed by atoms with van der Waals surface area (Å²) >= 11 is 6.96. The maximum atomic E-state index is 3.52. The number of hydrogen-bond acceptors (Lipinski definition) is 0. The van der Waals surface area contributed by atoms with Gasteiger partial charge in [0.25, 0.3) is 0 Å². The Morgan fingerprint density at radius 3 is 2.00 bits per heavy atom. The summed E-state index contributed by atoms with van der Waals surface area (Å²) in [6.07, 6.45) is 13.5. The normalized spacial score (nSPS) is 10.7. The summed E-state index contributed by atoms with van der Waals surface area (Å²) in [5.41, 5.74) is 0. The van der Waals surface area contributed by atoms with Crippen molar-refractivity contribution in [3.63, 3.8) is 0 Å². The first-order valence-corrected chi connectivity index (χ1v) is 11.5. The average Bonchev–Trinajstić information content (AvgIpc) is 2.21. The molecular formula is C11H20Br2Mg. The third kappa shape index (κ3) is 13.5. The van der Waals surface area contributed by atoms with Gasteiger partial charge in [-0.2, -0.15) is 4.21 Å². The van der Waals surface area contributed by atoms with E-state index in [1.807, 2.05) is 0 Å². The molecule has 80 valence electrons. The summed E-state index contributed by atoms with van der Waals surface area (Å²) in [6.45, 7) is 0. The minimum absolute atomic E-state index is 0.0121. The second-order valence-electron chi connectivity index (χ2n) is 3.58. The van der Waals surface area contributed by atoms with Gasteiger partial charge in [0, 0.05) is 5.33 Å². The van der Waals surface area contributed by atoms with Crippen LogP contribution < -0.4 is 0 Å². The summed E-state index contributed by atoms with van der Waals surface area (Å²) in [4.78, 5) is 0. The molecule has 0 rings (SSSR count). The van der Waals surface area contributed by atoms with Crippen LogP contribution in [0.1, 0.15) is 51.4 Å². The minimum Gasteiger partial charge on any atom is -0.297 e. The molecule has 3 heteroatoms. The summed E-state index contributed by atoms with van der Waals surface area (Å²) in [5, 5.41) is 1.17. The van der Waals surface area contributed by atoms with Crippen LogP contribution in [0.15, 0.2) is 10.3 Å². The Labute approximate surface area is 113 Å². The predicted octanol–water partition coefficient (Wildman–Crippen LogP) is 5.03. The van der Waals surface area contributed by atoms with Crippen molar-refractivity contribution in [3.8, 4) is 0 Å². The molecule has 0 aliphatic heterocycles. The molecule has 0 atom stereocenters. The minimum atomic E-state index is -0.0121. The summed E-state index contributed by atoms with van der Waals surface area (Å²) in [7, 11) is 0. The zero-order valence-electron chi connectivity index (χ0n) is 8.98. The van der Waals surface area contributed by atoms with Gasteiger partial charge < -0.3 is 0 Å². The summed E-state index contributed by atoms with van der Waals surface area (Å²) in [6, 6.07) is 0. The van der Waals surface area contributed by atoms with Crippen LogP contribution in [0.5, 0.6) is 0 Å². The zero-order chi connectivity index (χ0) is 10.5. The van der Waals surface area contributed by atoms with Crippen molar-refractivity contribution in [1.29, 1.82) is 0 Å². The van der Waals surface area contributed by atoms with Gasteiger partial charge in [-0.15, -0.1) is 6.08 Å². The van der Waals surface area contributed by atoms with Crippen molar-refractivity contribution in [2.75, 3.05) is 5.33 Å². The lowest BCUT2D eigenvalue weighted by atomic mass is 10.1. The predicted molar refractivity (Wildman–Crippen MR) is 74.6 cm³/mol. The van der Waals surface area contributed by atoms with E-state index in [-0.39, 0.29) is 18.2 Å². The molecule has 0 radical (unpaired) electrons. The van der Waals surface area contributed by atoms with Crippen LogP contribution >= 0.6 is 28.8 Å². The number of unbranched alkanes of at least 4 members (excludes halogenated alkanes) is 7. The van der Waals surface area contributed by atoms with Crippen LogP contribution in [0.4, 0.5) is 0 Å². The van der Waals surface area contributed by atoms with Gasteiger partial charge in [-0.3, -0.25) is 12.9 Å². The Kier molecular flexibility index (Phi) is 16.0. The molecule has 0 heterocycles. The number of alkyl halides is 1. The van der Waals surface area contributed by atoms with Crippen molar-refractivity contribution in [1.82, 2.24) is 0 Å². The Morgan fingerprint density at radius 2 is 1.43 bits per heavy atom. The largest absolute Gasteiger partial charge is 0.498 e. The highest BCUT2D eigenvalue weighted by Crippen LogP contribution is 2.09. The first-order chi connectivity index (χ1) is 6.91. The van der Waals surface area contributed by atoms with Crippen LogP contribution in [-0.2, 0) is 0 Å². The topological polar surface area (TPSA) is 0 Å². The highest BCUT2D eigenvalue weighted by atomic mass is 79.9. The fourth-order valence-electron chi connectivity index (χ4n) is 1.42. The van der Waals surface area contributed by atoms with Gasteiger partial charge >= 0.3 is 18.2 Å². The van der Waals surface area contributed by atoms with E-state index in [9.17, 15) is 0 Å². The third-order valence-electron chi connectivity index (χ3n) is 2.26. The molecule has 0 aliphatic carbocycles. The zero-order valence-corrected chi connectivity index (χ0v) is 13.6. The molecule has 0 aromatic rings. The van der Waals surface area contributed by atoms with E-state index in [2.05, 4.69) is 39.1 Å². The summed E-state index contributed by atoms with van der Waals surface area (Å²) < 4.78 is 2.33. The van der Waals surface area contributed by atoms with Crippen LogP contribution in [0.2, 0.25) is 0 Å². The van der Waals surface area contributed by atoms with Gasteiger partial charge in [0.05, 0.1) is 0 Å². The fourth-order valence-corrected chi connectivity index (χ4v) is 2.97. The van der Waals surface area contributed by atoms with Gasteiger partial charge in [-0.25, -0.2) is 0 Å². The number of allylic oxidation sites excluding steroid dienone is 1. The highest BCUT2D eigenvalue weighted by Gasteiger charge is 1.90. The maximum absolute atomic E-state index is 3.52. The van der Waals surface area contributed by atoms with E-state index in [0.29, 0.717) is 0 Å². The fraction of sp³-hybridized carbons (Fsp3) is 0.818. The first kappa shape index (κ1) is 15.5. The Balaban J connectivity index is 2.88. The van der Waals surface area contributed by atoms with Gasteiger partial charge in [-0.1, -0.05) is 48.0 Å². The van der Waals surface area contributed by atoms with Crippen molar-refractivity contribution in [3.05, 3.63) is 10.3 Å². The van der Waals surface area contributed by atoms with Crippen molar-refractivity contribution in [2.45, 2.75) is 51.4 Å². The molecule has 14 heavy (non-hydrogen) atoms. The lowest BCUT2D eigenvalue weighted by Crippen LogP contribution is -1.81. The second-order valence-corrected chi connectivity index (χ2v) is 7.09. The smallest absolute Gasteiger partial charge is 0.297 e. The highest BCUT2D eigenvalue weighted by molar-refractivity contribution is 9.23. The molecule has 0 aromatic heterocycles. The van der Waals surface area contributed by atoms with E-state index in [1.54, 1.807) is 0 Å². The quantitative estimate of drug-likeness (QED) is 0.298. The molecule has 0 unspecified atom stereocenters. The van der Waals surface area contributed by atoms with Gasteiger partial charge in [0.15, 0.2) is 0 Å². The van der Waals surface area contributed by atoms with Crippen LogP contribution in [0, 0.1) is 0 Å². The molecule has 0 amide bonds. The van der Waals surface area contributed by atoms with E-state index < -0.39 is 0 Å². The van der Waals surface area contributed by atoms with Crippen LogP contribution in [-0.4, -0.2) is 23.5 Å². The molecule has 0 spiro atoms. The van der Waals surface area contributed by atoms with Crippen molar-refractivity contribution < 1.29 is 0 Å². The van der Waals surface area contributed by atoms with Gasteiger partial charge in [0.1, 0.15) is 0 Å². The number of rotatable bonds is 10. The molecule has 0 aromatic carbocycles. The summed E-state index contributed by atoms with van der Waals surface area (Å²) in [5.74, 6) is 0.